The molecule has 1 aromatic rings. The lowest BCUT2D eigenvalue weighted by Crippen LogP contribution is -2.33. The lowest BCUT2D eigenvalue weighted by atomic mass is 10.1. The maximum atomic E-state index is 9.05. The molecule has 0 bridgehead atoms. The highest BCUT2D eigenvalue weighted by Crippen LogP contribution is 2.17. The Hall–Kier alpha value is -0.910. The summed E-state index contributed by atoms with van der Waals surface area (Å²) in [6.07, 6.45) is 4.03. The molecule has 1 fully saturated rings. The van der Waals surface area contributed by atoms with Gasteiger partial charge in [0, 0.05) is 31.0 Å². The molecule has 0 amide bonds. The van der Waals surface area contributed by atoms with Gasteiger partial charge in [0.1, 0.15) is 0 Å². The van der Waals surface area contributed by atoms with Crippen LogP contribution in [0.4, 0.5) is 0 Å². The first-order valence-corrected chi connectivity index (χ1v) is 7.55. The molecule has 1 aliphatic rings. The van der Waals surface area contributed by atoms with Crippen LogP contribution in [-0.4, -0.2) is 52.7 Å². The van der Waals surface area contributed by atoms with Gasteiger partial charge >= 0.3 is 0 Å². The Morgan fingerprint density at radius 2 is 2.20 bits per heavy atom. The number of hydrogen-bond donors (Lipinski definition) is 1. The zero-order valence-corrected chi connectivity index (χ0v) is 12.9. The van der Waals surface area contributed by atoms with Gasteiger partial charge in [0.2, 0.25) is 0 Å². The first-order valence-electron chi connectivity index (χ1n) is 7.55. The standard InChI is InChI=1S/C15H27N3O2/c1-12-15(13(2)18(16-12)7-8-19)11-17(3)10-14-6-4-5-9-20-14/h14,19H,4-11H2,1-3H3. The van der Waals surface area contributed by atoms with E-state index in [1.54, 1.807) is 0 Å². The van der Waals surface area contributed by atoms with Crippen LogP contribution < -0.4 is 0 Å². The monoisotopic (exact) mass is 281 g/mol. The quantitative estimate of drug-likeness (QED) is 0.858. The summed E-state index contributed by atoms with van der Waals surface area (Å²) in [7, 11) is 2.14. The molecule has 20 heavy (non-hydrogen) atoms. The molecule has 0 radical (unpaired) electrons. The number of likely N-dealkylation sites (N-methyl/N-ethyl adjacent to an activating group) is 1. The van der Waals surface area contributed by atoms with E-state index in [9.17, 15) is 0 Å². The van der Waals surface area contributed by atoms with Gasteiger partial charge in [-0.3, -0.25) is 9.58 Å². The summed E-state index contributed by atoms with van der Waals surface area (Å²) < 4.78 is 7.69. The SMILES string of the molecule is Cc1nn(CCO)c(C)c1CN(C)CC1CCCCO1. The molecule has 0 aromatic carbocycles. The number of aliphatic hydroxyl groups excluding tert-OH is 1. The van der Waals surface area contributed by atoms with E-state index in [0.717, 1.165) is 31.1 Å². The average Bonchev–Trinajstić information content (AvgIpc) is 2.68. The van der Waals surface area contributed by atoms with E-state index in [1.807, 2.05) is 11.6 Å². The van der Waals surface area contributed by atoms with Gasteiger partial charge in [-0.1, -0.05) is 0 Å². The minimum atomic E-state index is 0.132. The number of rotatable bonds is 6. The highest BCUT2D eigenvalue weighted by atomic mass is 16.5. The van der Waals surface area contributed by atoms with Gasteiger partial charge in [-0.15, -0.1) is 0 Å². The van der Waals surface area contributed by atoms with Crippen LogP contribution in [0.15, 0.2) is 0 Å². The fourth-order valence-electron chi connectivity index (χ4n) is 2.91. The Kier molecular flexibility index (Phi) is 5.57. The second kappa shape index (κ2) is 7.20. The second-order valence-electron chi connectivity index (χ2n) is 5.78. The summed E-state index contributed by atoms with van der Waals surface area (Å²) in [5.41, 5.74) is 3.50. The third kappa shape index (κ3) is 3.81. The molecule has 2 rings (SSSR count). The van der Waals surface area contributed by atoms with Gasteiger partial charge in [-0.05, 0) is 40.2 Å². The van der Waals surface area contributed by atoms with E-state index in [1.165, 1.54) is 24.8 Å². The van der Waals surface area contributed by atoms with Crippen molar-refractivity contribution in [3.8, 4) is 0 Å². The molecule has 0 saturated carbocycles. The lowest BCUT2D eigenvalue weighted by Gasteiger charge is -2.27. The Balaban J connectivity index is 1.94. The van der Waals surface area contributed by atoms with E-state index in [4.69, 9.17) is 9.84 Å². The molecule has 1 N–H and O–H groups in total. The number of ether oxygens (including phenoxy) is 1. The number of aliphatic hydroxyl groups is 1. The van der Waals surface area contributed by atoms with Crippen LogP contribution >= 0.6 is 0 Å². The molecule has 1 saturated heterocycles. The van der Waals surface area contributed by atoms with Crippen molar-refractivity contribution in [1.29, 1.82) is 0 Å². The predicted octanol–water partition coefficient (Wildman–Crippen LogP) is 1.49. The van der Waals surface area contributed by atoms with Gasteiger partial charge in [0.15, 0.2) is 0 Å². The normalized spacial score (nSPS) is 19.8. The number of nitrogens with zero attached hydrogens (tertiary/aromatic N) is 3. The Labute approximate surface area is 121 Å². The molecule has 1 unspecified atom stereocenters. The maximum absolute atomic E-state index is 9.05. The number of hydrogen-bond acceptors (Lipinski definition) is 4. The summed E-state index contributed by atoms with van der Waals surface area (Å²) in [6.45, 7) is 7.60. The fraction of sp³-hybridized carbons (Fsp3) is 0.800. The van der Waals surface area contributed by atoms with Crippen molar-refractivity contribution >= 4 is 0 Å². The fourth-order valence-corrected chi connectivity index (χ4v) is 2.91. The predicted molar refractivity (Wildman–Crippen MR) is 78.7 cm³/mol. The van der Waals surface area contributed by atoms with Gasteiger partial charge in [0.05, 0.1) is 24.9 Å². The molecule has 114 valence electrons. The van der Waals surface area contributed by atoms with Gasteiger partial charge < -0.3 is 9.84 Å². The molecule has 1 atom stereocenters. The maximum Gasteiger partial charge on any atom is 0.0702 e. The van der Waals surface area contributed by atoms with Gasteiger partial charge in [-0.2, -0.15) is 5.10 Å². The Morgan fingerprint density at radius 1 is 1.40 bits per heavy atom. The van der Waals surface area contributed by atoms with Crippen molar-refractivity contribution in [3.05, 3.63) is 17.0 Å². The largest absolute Gasteiger partial charge is 0.394 e. The third-order valence-corrected chi connectivity index (χ3v) is 4.06. The summed E-state index contributed by atoms with van der Waals surface area (Å²) >= 11 is 0. The Bertz CT molecular complexity index is 425. The van der Waals surface area contributed by atoms with E-state index in [-0.39, 0.29) is 6.61 Å². The molecule has 1 aliphatic heterocycles. The van der Waals surface area contributed by atoms with E-state index in [0.29, 0.717) is 12.6 Å². The molecule has 2 heterocycles. The van der Waals surface area contributed by atoms with E-state index < -0.39 is 0 Å². The van der Waals surface area contributed by atoms with Crippen molar-refractivity contribution in [2.24, 2.45) is 0 Å². The molecular formula is C15H27N3O2. The first-order chi connectivity index (χ1) is 9.61. The van der Waals surface area contributed by atoms with Crippen molar-refractivity contribution in [2.45, 2.75) is 52.3 Å². The van der Waals surface area contributed by atoms with Crippen LogP contribution in [-0.2, 0) is 17.8 Å². The van der Waals surface area contributed by atoms with Crippen LogP contribution in [0.5, 0.6) is 0 Å². The minimum absolute atomic E-state index is 0.132. The van der Waals surface area contributed by atoms with Gasteiger partial charge in [-0.25, -0.2) is 0 Å². The zero-order valence-electron chi connectivity index (χ0n) is 12.9. The molecule has 1 aromatic heterocycles. The Morgan fingerprint density at radius 3 is 2.85 bits per heavy atom. The average molecular weight is 281 g/mol. The summed E-state index contributed by atoms with van der Waals surface area (Å²) in [5.74, 6) is 0. The van der Waals surface area contributed by atoms with E-state index in [2.05, 4.69) is 24.0 Å². The number of aromatic nitrogens is 2. The van der Waals surface area contributed by atoms with Crippen LogP contribution in [0.25, 0.3) is 0 Å². The molecule has 5 nitrogen and oxygen atoms in total. The third-order valence-electron chi connectivity index (χ3n) is 4.06. The van der Waals surface area contributed by atoms with Crippen LogP contribution in [0.3, 0.4) is 0 Å². The van der Waals surface area contributed by atoms with Crippen molar-refractivity contribution in [1.82, 2.24) is 14.7 Å². The van der Waals surface area contributed by atoms with Gasteiger partial charge in [0.25, 0.3) is 0 Å². The van der Waals surface area contributed by atoms with E-state index >= 15 is 0 Å². The summed E-state index contributed by atoms with van der Waals surface area (Å²) in [5, 5.41) is 13.6. The highest BCUT2D eigenvalue weighted by molar-refractivity contribution is 5.24. The first kappa shape index (κ1) is 15.5. The lowest BCUT2D eigenvalue weighted by molar-refractivity contribution is -0.00264. The molecular weight excluding hydrogens is 254 g/mol. The topological polar surface area (TPSA) is 50.5 Å². The smallest absolute Gasteiger partial charge is 0.0702 e. The zero-order chi connectivity index (χ0) is 14.5. The molecule has 0 spiro atoms. The second-order valence-corrected chi connectivity index (χ2v) is 5.78. The van der Waals surface area contributed by atoms with Crippen LogP contribution in [0.2, 0.25) is 0 Å². The van der Waals surface area contributed by atoms with Crippen LogP contribution in [0.1, 0.15) is 36.2 Å². The highest BCUT2D eigenvalue weighted by Gasteiger charge is 2.18. The van der Waals surface area contributed by atoms with Crippen molar-refractivity contribution < 1.29 is 9.84 Å². The van der Waals surface area contributed by atoms with Crippen molar-refractivity contribution in [3.63, 3.8) is 0 Å². The number of aryl methyl sites for hydroxylation is 1. The van der Waals surface area contributed by atoms with Crippen LogP contribution in [0, 0.1) is 13.8 Å². The molecule has 0 aliphatic carbocycles. The van der Waals surface area contributed by atoms with Crippen molar-refractivity contribution in [2.75, 3.05) is 26.8 Å². The molecule has 5 heteroatoms. The summed E-state index contributed by atoms with van der Waals surface area (Å²) in [4.78, 5) is 2.32. The minimum Gasteiger partial charge on any atom is -0.394 e. The summed E-state index contributed by atoms with van der Waals surface area (Å²) in [6, 6.07) is 0.